The predicted octanol–water partition coefficient (Wildman–Crippen LogP) is 3.49. The lowest BCUT2D eigenvalue weighted by Crippen LogP contribution is -2.23. The number of rotatable bonds is 3. The highest BCUT2D eigenvalue weighted by Crippen LogP contribution is 2.65. The summed E-state index contributed by atoms with van der Waals surface area (Å²) in [7, 11) is 0. The number of hydrogen-bond donors (Lipinski definition) is 1. The van der Waals surface area contributed by atoms with E-state index in [4.69, 9.17) is 0 Å². The maximum Gasteiger partial charge on any atom is 0.270 e. The van der Waals surface area contributed by atoms with Crippen LogP contribution in [-0.2, 0) is 4.79 Å². The summed E-state index contributed by atoms with van der Waals surface area (Å²) in [6.45, 7) is 0. The first-order valence-electron chi connectivity index (χ1n) is 6.27. The minimum Gasteiger partial charge on any atom is -0.325 e. The molecule has 0 bridgehead atoms. The predicted molar refractivity (Wildman–Crippen MR) is 73.8 cm³/mol. The summed E-state index contributed by atoms with van der Waals surface area (Å²) in [6.07, 6.45) is 4.54. The Bertz CT molecular complexity index is 569. The van der Waals surface area contributed by atoms with Crippen LogP contribution in [0.25, 0.3) is 0 Å². The van der Waals surface area contributed by atoms with Crippen LogP contribution in [0.1, 0.15) is 25.7 Å². The van der Waals surface area contributed by atoms with Gasteiger partial charge in [-0.15, -0.1) is 0 Å². The third kappa shape index (κ3) is 2.14. The van der Waals surface area contributed by atoms with Crippen LogP contribution < -0.4 is 5.32 Å². The standard InChI is InChI=1S/C13H13BrN2O3/c14-10-6-8(16(18)19)2-3-11(10)15-12(17)9-7-13(9)4-1-5-13/h2-3,6,9H,1,4-5,7H2,(H,15,17)/t9-/m1/s1. The zero-order chi connectivity index (χ0) is 13.6. The summed E-state index contributed by atoms with van der Waals surface area (Å²) >= 11 is 3.25. The molecule has 2 aliphatic carbocycles. The lowest BCUT2D eigenvalue weighted by atomic mass is 9.79. The van der Waals surface area contributed by atoms with Crippen LogP contribution in [0.15, 0.2) is 22.7 Å². The van der Waals surface area contributed by atoms with E-state index in [1.807, 2.05) is 0 Å². The van der Waals surface area contributed by atoms with Crippen molar-refractivity contribution < 1.29 is 9.72 Å². The molecule has 2 saturated carbocycles. The molecule has 100 valence electrons. The van der Waals surface area contributed by atoms with Crippen molar-refractivity contribution in [3.63, 3.8) is 0 Å². The lowest BCUT2D eigenvalue weighted by molar-refractivity contribution is -0.384. The van der Waals surface area contributed by atoms with Crippen molar-refractivity contribution in [2.45, 2.75) is 25.7 Å². The molecule has 0 saturated heterocycles. The van der Waals surface area contributed by atoms with Gasteiger partial charge < -0.3 is 5.32 Å². The third-order valence-corrected chi connectivity index (χ3v) is 4.93. The molecule has 2 aliphatic rings. The molecule has 1 atom stereocenters. The lowest BCUT2D eigenvalue weighted by Gasteiger charge is -2.26. The molecule has 1 aromatic rings. The van der Waals surface area contributed by atoms with Gasteiger partial charge in [-0.05, 0) is 46.7 Å². The number of nitro benzene ring substituents is 1. The second-order valence-electron chi connectivity index (χ2n) is 5.38. The van der Waals surface area contributed by atoms with Gasteiger partial charge in [-0.1, -0.05) is 6.42 Å². The molecular formula is C13H13BrN2O3. The van der Waals surface area contributed by atoms with Crippen LogP contribution in [0.3, 0.4) is 0 Å². The minimum atomic E-state index is -0.458. The van der Waals surface area contributed by atoms with Gasteiger partial charge in [0, 0.05) is 22.5 Å². The van der Waals surface area contributed by atoms with Crippen LogP contribution in [0.4, 0.5) is 11.4 Å². The number of carbonyl (C=O) groups is 1. The molecule has 0 unspecified atom stereocenters. The second kappa shape index (κ2) is 4.30. The van der Waals surface area contributed by atoms with Crippen LogP contribution in [0, 0.1) is 21.4 Å². The molecular weight excluding hydrogens is 312 g/mol. The Morgan fingerprint density at radius 2 is 2.21 bits per heavy atom. The molecule has 5 nitrogen and oxygen atoms in total. The first-order chi connectivity index (χ1) is 9.02. The molecule has 6 heteroatoms. The van der Waals surface area contributed by atoms with Gasteiger partial charge >= 0.3 is 0 Å². The fourth-order valence-corrected chi connectivity index (χ4v) is 3.31. The van der Waals surface area contributed by atoms with E-state index < -0.39 is 4.92 Å². The van der Waals surface area contributed by atoms with Crippen molar-refractivity contribution in [2.75, 3.05) is 5.32 Å². The zero-order valence-electron chi connectivity index (χ0n) is 10.2. The topological polar surface area (TPSA) is 72.2 Å². The second-order valence-corrected chi connectivity index (χ2v) is 6.24. The number of carbonyl (C=O) groups excluding carboxylic acids is 1. The van der Waals surface area contributed by atoms with Gasteiger partial charge in [-0.2, -0.15) is 0 Å². The number of anilines is 1. The van der Waals surface area contributed by atoms with Crippen molar-refractivity contribution in [3.8, 4) is 0 Å². The summed E-state index contributed by atoms with van der Waals surface area (Å²) in [5.41, 5.74) is 0.890. The summed E-state index contributed by atoms with van der Waals surface area (Å²) in [6, 6.07) is 4.37. The van der Waals surface area contributed by atoms with E-state index in [9.17, 15) is 14.9 Å². The number of benzene rings is 1. The van der Waals surface area contributed by atoms with Crippen molar-refractivity contribution in [3.05, 3.63) is 32.8 Å². The average Bonchev–Trinajstić information content (AvgIpc) is 3.06. The van der Waals surface area contributed by atoms with Gasteiger partial charge in [0.15, 0.2) is 0 Å². The first-order valence-corrected chi connectivity index (χ1v) is 7.06. The maximum absolute atomic E-state index is 12.1. The number of non-ortho nitro benzene ring substituents is 1. The highest BCUT2D eigenvalue weighted by atomic mass is 79.9. The van der Waals surface area contributed by atoms with Gasteiger partial charge in [-0.3, -0.25) is 14.9 Å². The van der Waals surface area contributed by atoms with Crippen LogP contribution in [0.5, 0.6) is 0 Å². The Balaban J connectivity index is 1.70. The summed E-state index contributed by atoms with van der Waals surface area (Å²) in [5, 5.41) is 13.5. The zero-order valence-corrected chi connectivity index (χ0v) is 11.8. The number of amides is 1. The Kier molecular flexibility index (Phi) is 2.85. The highest BCUT2D eigenvalue weighted by Gasteiger charge is 2.60. The molecule has 1 aromatic carbocycles. The van der Waals surface area contributed by atoms with E-state index in [2.05, 4.69) is 21.2 Å². The molecule has 1 amide bonds. The van der Waals surface area contributed by atoms with Gasteiger partial charge in [0.05, 0.1) is 10.6 Å². The monoisotopic (exact) mass is 324 g/mol. The molecule has 0 heterocycles. The number of hydrogen-bond acceptors (Lipinski definition) is 3. The first kappa shape index (κ1) is 12.6. The number of halogens is 1. The van der Waals surface area contributed by atoms with Gasteiger partial charge in [0.25, 0.3) is 5.69 Å². The molecule has 0 radical (unpaired) electrons. The van der Waals surface area contributed by atoms with E-state index in [0.717, 1.165) is 19.3 Å². The summed E-state index contributed by atoms with van der Waals surface area (Å²) < 4.78 is 0.540. The smallest absolute Gasteiger partial charge is 0.270 e. The number of nitrogens with one attached hydrogen (secondary N) is 1. The number of nitro groups is 1. The van der Waals surface area contributed by atoms with Crippen molar-refractivity contribution in [1.29, 1.82) is 0 Å². The Morgan fingerprint density at radius 1 is 1.47 bits per heavy atom. The molecule has 1 N–H and O–H groups in total. The normalized spacial score (nSPS) is 22.7. The SMILES string of the molecule is O=C(Nc1ccc([N+](=O)[O-])cc1Br)[C@H]1CC12CCC2. The van der Waals surface area contributed by atoms with Gasteiger partial charge in [0.2, 0.25) is 5.91 Å². The maximum atomic E-state index is 12.1. The van der Waals surface area contributed by atoms with Crippen LogP contribution >= 0.6 is 15.9 Å². The molecule has 3 rings (SSSR count). The molecule has 0 aliphatic heterocycles. The third-order valence-electron chi connectivity index (χ3n) is 4.28. The number of nitrogens with zero attached hydrogens (tertiary/aromatic N) is 1. The van der Waals surface area contributed by atoms with Crippen molar-refractivity contribution in [2.24, 2.45) is 11.3 Å². The van der Waals surface area contributed by atoms with E-state index in [-0.39, 0.29) is 22.9 Å². The van der Waals surface area contributed by atoms with Crippen LogP contribution in [0.2, 0.25) is 0 Å². The highest BCUT2D eigenvalue weighted by molar-refractivity contribution is 9.10. The largest absolute Gasteiger partial charge is 0.325 e. The molecule has 0 aromatic heterocycles. The Hall–Kier alpha value is -1.43. The molecule has 1 spiro atoms. The van der Waals surface area contributed by atoms with E-state index in [0.29, 0.717) is 10.2 Å². The van der Waals surface area contributed by atoms with E-state index in [1.165, 1.54) is 18.6 Å². The van der Waals surface area contributed by atoms with E-state index in [1.54, 1.807) is 6.07 Å². The molecule has 19 heavy (non-hydrogen) atoms. The summed E-state index contributed by atoms with van der Waals surface area (Å²) in [5.74, 6) is 0.164. The molecule has 2 fully saturated rings. The van der Waals surface area contributed by atoms with Crippen molar-refractivity contribution in [1.82, 2.24) is 0 Å². The minimum absolute atomic E-state index is 0.00626. The van der Waals surface area contributed by atoms with Gasteiger partial charge in [0.1, 0.15) is 0 Å². The van der Waals surface area contributed by atoms with Crippen molar-refractivity contribution >= 4 is 33.2 Å². The quantitative estimate of drug-likeness (QED) is 0.683. The van der Waals surface area contributed by atoms with Crippen LogP contribution in [-0.4, -0.2) is 10.8 Å². The fraction of sp³-hybridized carbons (Fsp3) is 0.462. The van der Waals surface area contributed by atoms with Gasteiger partial charge in [-0.25, -0.2) is 0 Å². The summed E-state index contributed by atoms with van der Waals surface area (Å²) in [4.78, 5) is 22.3. The Morgan fingerprint density at radius 3 is 2.68 bits per heavy atom. The average molecular weight is 325 g/mol. The fourth-order valence-electron chi connectivity index (χ4n) is 2.84. The van der Waals surface area contributed by atoms with E-state index >= 15 is 0 Å². The Labute approximate surface area is 118 Å².